The topological polar surface area (TPSA) is 64.9 Å². The molecule has 1 atom stereocenters. The van der Waals surface area contributed by atoms with Crippen molar-refractivity contribution in [3.8, 4) is 11.3 Å². The Bertz CT molecular complexity index is 424. The molecule has 0 aliphatic rings. The normalized spacial score (nSPS) is 12.7. The second-order valence-corrected chi connectivity index (χ2v) is 3.34. The summed E-state index contributed by atoms with van der Waals surface area (Å²) in [5, 5.41) is 0. The van der Waals surface area contributed by atoms with E-state index in [1.165, 1.54) is 6.33 Å². The summed E-state index contributed by atoms with van der Waals surface area (Å²) >= 11 is 0. The summed E-state index contributed by atoms with van der Waals surface area (Å²) in [4.78, 5) is 7.87. The van der Waals surface area contributed by atoms with Crippen molar-refractivity contribution in [1.29, 1.82) is 0 Å². The van der Waals surface area contributed by atoms with Crippen LogP contribution in [0, 0.1) is 0 Å². The Morgan fingerprint density at radius 2 is 2.07 bits per heavy atom. The highest BCUT2D eigenvalue weighted by atomic mass is 16.3. The predicted octanol–water partition coefficient (Wildman–Crippen LogP) is 2.15. The molecule has 0 spiro atoms. The Hall–Kier alpha value is -1.68. The SMILES string of the molecule is CCC(N)c1ccc(-c2cncnc2)o1. The Morgan fingerprint density at radius 3 is 2.73 bits per heavy atom. The fourth-order valence-electron chi connectivity index (χ4n) is 1.33. The summed E-state index contributed by atoms with van der Waals surface area (Å²) in [5.74, 6) is 1.56. The first-order valence-electron chi connectivity index (χ1n) is 4.92. The van der Waals surface area contributed by atoms with E-state index in [1.807, 2.05) is 19.1 Å². The number of hydrogen-bond acceptors (Lipinski definition) is 4. The lowest BCUT2D eigenvalue weighted by Gasteiger charge is -2.03. The second kappa shape index (κ2) is 4.23. The molecule has 2 N–H and O–H groups in total. The van der Waals surface area contributed by atoms with Crippen molar-refractivity contribution in [2.75, 3.05) is 0 Å². The van der Waals surface area contributed by atoms with Gasteiger partial charge in [-0.1, -0.05) is 6.92 Å². The summed E-state index contributed by atoms with van der Waals surface area (Å²) in [6.07, 6.45) is 5.78. The fraction of sp³-hybridized carbons (Fsp3) is 0.273. The van der Waals surface area contributed by atoms with Crippen molar-refractivity contribution in [3.05, 3.63) is 36.6 Å². The van der Waals surface area contributed by atoms with E-state index in [4.69, 9.17) is 10.2 Å². The third-order valence-corrected chi connectivity index (χ3v) is 2.28. The zero-order chi connectivity index (χ0) is 10.7. The molecular weight excluding hydrogens is 190 g/mol. The molecule has 0 saturated carbocycles. The zero-order valence-corrected chi connectivity index (χ0v) is 8.55. The highest BCUT2D eigenvalue weighted by Crippen LogP contribution is 2.24. The number of aromatic nitrogens is 2. The third-order valence-electron chi connectivity index (χ3n) is 2.28. The molecule has 2 heterocycles. The molecule has 4 heteroatoms. The Morgan fingerprint density at radius 1 is 1.33 bits per heavy atom. The quantitative estimate of drug-likeness (QED) is 0.830. The molecular formula is C11H13N3O. The van der Waals surface area contributed by atoms with E-state index in [2.05, 4.69) is 9.97 Å². The summed E-state index contributed by atoms with van der Waals surface area (Å²) in [5.41, 5.74) is 6.73. The number of hydrogen-bond donors (Lipinski definition) is 1. The molecule has 15 heavy (non-hydrogen) atoms. The van der Waals surface area contributed by atoms with Gasteiger partial charge in [-0.3, -0.25) is 0 Å². The molecule has 0 radical (unpaired) electrons. The molecule has 0 fully saturated rings. The summed E-state index contributed by atoms with van der Waals surface area (Å²) in [6, 6.07) is 3.75. The minimum Gasteiger partial charge on any atom is -0.459 e. The first-order valence-corrected chi connectivity index (χ1v) is 4.92. The summed E-state index contributed by atoms with van der Waals surface area (Å²) in [6.45, 7) is 2.03. The van der Waals surface area contributed by atoms with Crippen LogP contribution in [-0.4, -0.2) is 9.97 Å². The zero-order valence-electron chi connectivity index (χ0n) is 8.55. The van der Waals surface area contributed by atoms with Gasteiger partial charge in [0.25, 0.3) is 0 Å². The molecule has 0 aromatic carbocycles. The minimum absolute atomic E-state index is 0.0385. The first kappa shape index (κ1) is 9.86. The van der Waals surface area contributed by atoms with Gasteiger partial charge in [0.2, 0.25) is 0 Å². The van der Waals surface area contributed by atoms with E-state index in [0.717, 1.165) is 23.5 Å². The van der Waals surface area contributed by atoms with Crippen LogP contribution in [0.3, 0.4) is 0 Å². The smallest absolute Gasteiger partial charge is 0.137 e. The third kappa shape index (κ3) is 2.05. The lowest BCUT2D eigenvalue weighted by atomic mass is 10.2. The molecule has 4 nitrogen and oxygen atoms in total. The van der Waals surface area contributed by atoms with Gasteiger partial charge >= 0.3 is 0 Å². The average Bonchev–Trinajstić information content (AvgIpc) is 2.78. The van der Waals surface area contributed by atoms with Crippen molar-refractivity contribution in [1.82, 2.24) is 9.97 Å². The largest absolute Gasteiger partial charge is 0.459 e. The predicted molar refractivity (Wildman–Crippen MR) is 57.0 cm³/mol. The van der Waals surface area contributed by atoms with Crippen molar-refractivity contribution >= 4 is 0 Å². The number of rotatable bonds is 3. The molecule has 0 aliphatic carbocycles. The maximum atomic E-state index is 5.86. The molecule has 0 amide bonds. The van der Waals surface area contributed by atoms with Gasteiger partial charge in [-0.15, -0.1) is 0 Å². The van der Waals surface area contributed by atoms with Crippen molar-refractivity contribution < 1.29 is 4.42 Å². The van der Waals surface area contributed by atoms with Crippen LogP contribution in [0.25, 0.3) is 11.3 Å². The van der Waals surface area contributed by atoms with Gasteiger partial charge in [0.05, 0.1) is 11.6 Å². The second-order valence-electron chi connectivity index (χ2n) is 3.34. The van der Waals surface area contributed by atoms with E-state index >= 15 is 0 Å². The summed E-state index contributed by atoms with van der Waals surface area (Å²) in [7, 11) is 0. The van der Waals surface area contributed by atoms with E-state index in [9.17, 15) is 0 Å². The minimum atomic E-state index is -0.0385. The van der Waals surface area contributed by atoms with Gasteiger partial charge in [-0.25, -0.2) is 9.97 Å². The average molecular weight is 203 g/mol. The molecule has 1 unspecified atom stereocenters. The van der Waals surface area contributed by atoms with E-state index in [1.54, 1.807) is 12.4 Å². The fourth-order valence-corrected chi connectivity index (χ4v) is 1.33. The van der Waals surface area contributed by atoms with E-state index in [0.29, 0.717) is 0 Å². The van der Waals surface area contributed by atoms with E-state index < -0.39 is 0 Å². The monoisotopic (exact) mass is 203 g/mol. The van der Waals surface area contributed by atoms with Crippen LogP contribution in [0.15, 0.2) is 35.3 Å². The maximum Gasteiger partial charge on any atom is 0.137 e. The molecule has 2 aromatic rings. The van der Waals surface area contributed by atoms with Crippen LogP contribution in [-0.2, 0) is 0 Å². The van der Waals surface area contributed by atoms with E-state index in [-0.39, 0.29) is 6.04 Å². The lowest BCUT2D eigenvalue weighted by Crippen LogP contribution is -2.06. The number of nitrogens with two attached hydrogens (primary N) is 1. The summed E-state index contributed by atoms with van der Waals surface area (Å²) < 4.78 is 5.62. The number of nitrogens with zero attached hydrogens (tertiary/aromatic N) is 2. The van der Waals surface area contributed by atoms with Crippen molar-refractivity contribution in [2.45, 2.75) is 19.4 Å². The lowest BCUT2D eigenvalue weighted by molar-refractivity contribution is 0.470. The maximum absolute atomic E-state index is 5.86. The Kier molecular flexibility index (Phi) is 2.78. The standard InChI is InChI=1S/C11H13N3O/c1-2-9(12)11-4-3-10(15-11)8-5-13-7-14-6-8/h3-7,9H,2,12H2,1H3. The van der Waals surface area contributed by atoms with Crippen molar-refractivity contribution in [3.63, 3.8) is 0 Å². The van der Waals surface area contributed by atoms with Crippen LogP contribution < -0.4 is 5.73 Å². The van der Waals surface area contributed by atoms with Crippen LogP contribution in [0.1, 0.15) is 25.1 Å². The van der Waals surface area contributed by atoms with Crippen molar-refractivity contribution in [2.24, 2.45) is 5.73 Å². The molecule has 2 aromatic heterocycles. The first-order chi connectivity index (χ1) is 7.31. The molecule has 2 rings (SSSR count). The molecule has 0 aliphatic heterocycles. The molecule has 78 valence electrons. The highest BCUT2D eigenvalue weighted by Gasteiger charge is 2.09. The van der Waals surface area contributed by atoms with Crippen LogP contribution in [0.4, 0.5) is 0 Å². The van der Waals surface area contributed by atoms with Gasteiger partial charge in [0.1, 0.15) is 17.8 Å². The van der Waals surface area contributed by atoms with Gasteiger partial charge in [-0.05, 0) is 18.6 Å². The highest BCUT2D eigenvalue weighted by molar-refractivity contribution is 5.54. The molecule has 0 saturated heterocycles. The Balaban J connectivity index is 2.28. The molecule has 0 bridgehead atoms. The van der Waals surface area contributed by atoms with Gasteiger partial charge in [-0.2, -0.15) is 0 Å². The van der Waals surface area contributed by atoms with Crippen LogP contribution >= 0.6 is 0 Å². The van der Waals surface area contributed by atoms with Gasteiger partial charge in [0.15, 0.2) is 0 Å². The van der Waals surface area contributed by atoms with Gasteiger partial charge < -0.3 is 10.2 Å². The number of furan rings is 1. The Labute approximate surface area is 88.2 Å². The van der Waals surface area contributed by atoms with Crippen LogP contribution in [0.2, 0.25) is 0 Å². The van der Waals surface area contributed by atoms with Gasteiger partial charge in [0, 0.05) is 12.4 Å². The van der Waals surface area contributed by atoms with Crippen LogP contribution in [0.5, 0.6) is 0 Å².